The topological polar surface area (TPSA) is 88.5 Å². The summed E-state index contributed by atoms with van der Waals surface area (Å²) in [5, 5.41) is 6.64. The summed E-state index contributed by atoms with van der Waals surface area (Å²) in [5.41, 5.74) is 1.18. The van der Waals surface area contributed by atoms with Crippen molar-refractivity contribution >= 4 is 90.2 Å². The molecular weight excluding hydrogens is 642 g/mol. The molecule has 2 aliphatic heterocycles. The number of thioether (sulfide) groups is 1. The largest absolute Gasteiger partial charge is 0.324 e. The highest BCUT2D eigenvalue weighted by Crippen LogP contribution is 2.54. The second-order valence-electron chi connectivity index (χ2n) is 9.74. The van der Waals surface area contributed by atoms with Crippen LogP contribution in [0.1, 0.15) is 15.7 Å². The average Bonchev–Trinajstić information content (AvgIpc) is 3.67. The number of thiazole rings is 1. The van der Waals surface area contributed by atoms with E-state index >= 15 is 0 Å². The first-order valence-electron chi connectivity index (χ1n) is 12.8. The number of anilines is 2. The summed E-state index contributed by atoms with van der Waals surface area (Å²) in [5.74, 6) is -2.04. The first-order valence-corrected chi connectivity index (χ1v) is 16.1. The number of aromatic nitrogens is 1. The van der Waals surface area contributed by atoms with Gasteiger partial charge in [0.25, 0.3) is 0 Å². The molecule has 0 radical (unpaired) electrons. The Morgan fingerprint density at radius 1 is 0.902 bits per heavy atom. The van der Waals surface area contributed by atoms with Gasteiger partial charge >= 0.3 is 4.87 Å². The molecule has 7 rings (SSSR count). The normalized spacial score (nSPS) is 19.8. The molecular formula is C30H20BrN3O4S3. The third-order valence-corrected chi connectivity index (χ3v) is 11.4. The molecule has 4 heterocycles. The number of nitrogens with zero attached hydrogens (tertiary/aromatic N) is 2. The first kappa shape index (κ1) is 26.4. The zero-order valence-corrected chi connectivity index (χ0v) is 25.2. The van der Waals surface area contributed by atoms with Crippen molar-refractivity contribution < 1.29 is 14.4 Å². The summed E-state index contributed by atoms with van der Waals surface area (Å²) in [6, 6.07) is 24.3. The quantitative estimate of drug-likeness (QED) is 0.223. The van der Waals surface area contributed by atoms with Crippen molar-refractivity contribution in [3.8, 4) is 0 Å². The van der Waals surface area contributed by atoms with Crippen LogP contribution in [0.2, 0.25) is 0 Å². The van der Waals surface area contributed by atoms with Gasteiger partial charge < -0.3 is 5.32 Å². The Labute approximate surface area is 254 Å². The number of halogens is 1. The van der Waals surface area contributed by atoms with Gasteiger partial charge in [0, 0.05) is 31.2 Å². The number of rotatable bonds is 5. The molecule has 0 spiro atoms. The van der Waals surface area contributed by atoms with Crippen LogP contribution in [0.25, 0.3) is 10.8 Å². The fourth-order valence-electron chi connectivity index (χ4n) is 5.54. The van der Waals surface area contributed by atoms with Crippen molar-refractivity contribution in [3.63, 3.8) is 0 Å². The summed E-state index contributed by atoms with van der Waals surface area (Å²) in [6.07, 6.45) is 0. The number of carbonyl (C=O) groups excluding carboxylic acids is 3. The van der Waals surface area contributed by atoms with E-state index in [1.807, 2.05) is 60.0 Å². The number of hydrogen-bond acceptors (Lipinski definition) is 7. The zero-order chi connectivity index (χ0) is 28.2. The summed E-state index contributed by atoms with van der Waals surface area (Å²) in [6.45, 7) is -0.200. The van der Waals surface area contributed by atoms with Gasteiger partial charge in [-0.25, -0.2) is 4.90 Å². The van der Waals surface area contributed by atoms with Crippen LogP contribution < -0.4 is 15.1 Å². The third-order valence-electron chi connectivity index (χ3n) is 7.35. The summed E-state index contributed by atoms with van der Waals surface area (Å²) in [4.78, 5) is 56.9. The Morgan fingerprint density at radius 2 is 1.68 bits per heavy atom. The standard InChI is InChI=1S/C30H20BrN3O4S3/c31-17-10-12-18(13-11-17)34-27(36)24-23(21-9-4-14-39-21)26-29(40-25(24)28(34)37)33(30(38)41-26)15-22(35)32-20-8-3-6-16-5-1-2-7-19(16)20/h1-14,23-25H,15H2,(H,32,35)/t23-,24?,25?/m1/s1. The SMILES string of the molecule is O=C(Cn1c2c(sc1=O)[C@H](c1cccs1)C1C(=O)N(c3ccc(Br)cc3)C(=O)C1S2)Nc1cccc2ccccc12. The maximum atomic E-state index is 13.9. The highest BCUT2D eigenvalue weighted by Gasteiger charge is 2.57. The molecule has 204 valence electrons. The fourth-order valence-corrected chi connectivity index (χ4v) is 9.53. The Kier molecular flexibility index (Phi) is 6.69. The predicted molar refractivity (Wildman–Crippen MR) is 167 cm³/mol. The number of fused-ring (bicyclic) bond motifs is 3. The van der Waals surface area contributed by atoms with E-state index in [1.165, 1.54) is 32.6 Å². The van der Waals surface area contributed by atoms with Crippen LogP contribution in [0.4, 0.5) is 11.4 Å². The molecule has 2 unspecified atom stereocenters. The van der Waals surface area contributed by atoms with E-state index in [0.29, 0.717) is 16.4 Å². The molecule has 1 saturated heterocycles. The predicted octanol–water partition coefficient (Wildman–Crippen LogP) is 6.32. The maximum Gasteiger partial charge on any atom is 0.308 e. The minimum atomic E-state index is -0.716. The van der Waals surface area contributed by atoms with Gasteiger partial charge in [-0.05, 0) is 47.2 Å². The van der Waals surface area contributed by atoms with Gasteiger partial charge in [0.2, 0.25) is 17.7 Å². The number of imide groups is 1. The molecule has 2 aromatic heterocycles. The zero-order valence-electron chi connectivity index (χ0n) is 21.2. The van der Waals surface area contributed by atoms with Crippen molar-refractivity contribution in [1.29, 1.82) is 0 Å². The smallest absolute Gasteiger partial charge is 0.308 e. The Morgan fingerprint density at radius 3 is 2.46 bits per heavy atom. The van der Waals surface area contributed by atoms with Crippen LogP contribution in [-0.2, 0) is 20.9 Å². The number of carbonyl (C=O) groups is 3. The Bertz CT molecular complexity index is 1890. The lowest BCUT2D eigenvalue weighted by molar-refractivity contribution is -0.122. The van der Waals surface area contributed by atoms with Crippen molar-refractivity contribution in [2.24, 2.45) is 5.92 Å². The van der Waals surface area contributed by atoms with E-state index in [1.54, 1.807) is 24.3 Å². The second kappa shape index (κ2) is 10.4. The highest BCUT2D eigenvalue weighted by atomic mass is 79.9. The lowest BCUT2D eigenvalue weighted by Gasteiger charge is -2.29. The van der Waals surface area contributed by atoms with Crippen LogP contribution >= 0.6 is 50.4 Å². The third kappa shape index (κ3) is 4.47. The van der Waals surface area contributed by atoms with Gasteiger partial charge in [0.1, 0.15) is 11.8 Å². The van der Waals surface area contributed by atoms with Gasteiger partial charge in [-0.1, -0.05) is 81.5 Å². The molecule has 5 aromatic rings. The average molecular weight is 663 g/mol. The van der Waals surface area contributed by atoms with Crippen LogP contribution in [0.5, 0.6) is 0 Å². The minimum absolute atomic E-state index is 0.200. The van der Waals surface area contributed by atoms with Crippen molar-refractivity contribution in [3.05, 3.63) is 108 Å². The molecule has 3 amide bonds. The molecule has 0 aliphatic carbocycles. The number of benzene rings is 3. The Hall–Kier alpha value is -3.51. The molecule has 3 atom stereocenters. The van der Waals surface area contributed by atoms with E-state index < -0.39 is 17.1 Å². The monoisotopic (exact) mass is 661 g/mol. The molecule has 3 aromatic carbocycles. The van der Waals surface area contributed by atoms with E-state index in [2.05, 4.69) is 21.2 Å². The molecule has 1 N–H and O–H groups in total. The molecule has 1 fully saturated rings. The van der Waals surface area contributed by atoms with Crippen molar-refractivity contribution in [2.45, 2.75) is 22.7 Å². The number of thiophene rings is 1. The van der Waals surface area contributed by atoms with Crippen LogP contribution in [0.15, 0.2) is 98.5 Å². The van der Waals surface area contributed by atoms with Crippen LogP contribution in [0.3, 0.4) is 0 Å². The minimum Gasteiger partial charge on any atom is -0.324 e. The van der Waals surface area contributed by atoms with E-state index in [4.69, 9.17) is 0 Å². The van der Waals surface area contributed by atoms with Gasteiger partial charge in [-0.2, -0.15) is 0 Å². The van der Waals surface area contributed by atoms with E-state index in [0.717, 1.165) is 36.3 Å². The van der Waals surface area contributed by atoms with E-state index in [-0.39, 0.29) is 29.1 Å². The highest BCUT2D eigenvalue weighted by molar-refractivity contribution is 9.10. The first-order chi connectivity index (χ1) is 19.9. The summed E-state index contributed by atoms with van der Waals surface area (Å²) in [7, 11) is 0. The summed E-state index contributed by atoms with van der Waals surface area (Å²) >= 11 is 7.17. The molecule has 41 heavy (non-hydrogen) atoms. The molecule has 0 saturated carbocycles. The van der Waals surface area contributed by atoms with Gasteiger partial charge in [-0.3, -0.25) is 23.7 Å². The number of amides is 3. The molecule has 0 bridgehead atoms. The lowest BCUT2D eigenvalue weighted by atomic mass is 9.87. The van der Waals surface area contributed by atoms with Crippen molar-refractivity contribution in [1.82, 2.24) is 4.57 Å². The number of hydrogen-bond donors (Lipinski definition) is 1. The molecule has 7 nitrogen and oxygen atoms in total. The molecule has 2 aliphatic rings. The molecule has 11 heteroatoms. The van der Waals surface area contributed by atoms with E-state index in [9.17, 15) is 19.2 Å². The van der Waals surface area contributed by atoms with Gasteiger partial charge in [-0.15, -0.1) is 11.3 Å². The van der Waals surface area contributed by atoms with Crippen LogP contribution in [-0.4, -0.2) is 27.5 Å². The second-order valence-corrected chi connectivity index (χ2v) is 13.8. The van der Waals surface area contributed by atoms with Gasteiger partial charge in [0.05, 0.1) is 16.6 Å². The Balaban J connectivity index is 1.25. The lowest BCUT2D eigenvalue weighted by Crippen LogP contribution is -2.32. The van der Waals surface area contributed by atoms with Crippen molar-refractivity contribution in [2.75, 3.05) is 10.2 Å². The van der Waals surface area contributed by atoms with Gasteiger partial charge in [0.15, 0.2) is 0 Å². The number of nitrogens with one attached hydrogen (secondary N) is 1. The maximum absolute atomic E-state index is 13.9. The van der Waals surface area contributed by atoms with Crippen LogP contribution in [0, 0.1) is 5.92 Å². The summed E-state index contributed by atoms with van der Waals surface area (Å²) < 4.78 is 2.29. The fraction of sp³-hybridized carbons (Fsp3) is 0.133.